The maximum Gasteiger partial charge on any atom is 0.309 e. The standard InChI is InChI=1S/C46H76O10/c47-45(53-39-19-15-37(16-20-39)51-27-7-3-1-5-25-49-31-33-9-23-41-43(29-33)55-41)35-11-13-36(14-12-35)46(48)54-40-21-17-38(18-22-40)52-28-8-4-2-6-26-50-32-34-10-24-42-44(30-34)56-42/h33-44H,1-32H2. The Morgan fingerprint density at radius 2 is 0.768 bits per heavy atom. The lowest BCUT2D eigenvalue weighted by Gasteiger charge is -2.32. The highest BCUT2D eigenvalue weighted by Crippen LogP contribution is 2.40. The predicted octanol–water partition coefficient (Wildman–Crippen LogP) is 8.82. The van der Waals surface area contributed by atoms with Gasteiger partial charge in [-0.2, -0.15) is 0 Å². The van der Waals surface area contributed by atoms with E-state index in [4.69, 9.17) is 37.9 Å². The average Bonchev–Trinajstić information content (AvgIpc) is 4.16. The zero-order valence-electron chi connectivity index (χ0n) is 34.6. The molecule has 5 aliphatic carbocycles. The molecule has 7 aliphatic rings. The Morgan fingerprint density at radius 3 is 1.16 bits per heavy atom. The summed E-state index contributed by atoms with van der Waals surface area (Å²) in [6.45, 7) is 5.18. The number of ether oxygens (including phenoxy) is 8. The Balaban J connectivity index is 0.629. The van der Waals surface area contributed by atoms with Gasteiger partial charge in [-0.05, 0) is 153 Å². The number of unbranched alkanes of at least 4 members (excludes halogenated alkanes) is 6. The first kappa shape index (κ1) is 42.8. The largest absolute Gasteiger partial charge is 0.462 e. The minimum atomic E-state index is -0.0979. The Morgan fingerprint density at radius 1 is 0.393 bits per heavy atom. The van der Waals surface area contributed by atoms with Crippen molar-refractivity contribution in [2.24, 2.45) is 23.7 Å². The number of rotatable bonds is 24. The van der Waals surface area contributed by atoms with Crippen molar-refractivity contribution in [1.82, 2.24) is 0 Å². The van der Waals surface area contributed by atoms with Gasteiger partial charge in [0.25, 0.3) is 0 Å². The van der Waals surface area contributed by atoms with Gasteiger partial charge in [-0.3, -0.25) is 9.59 Å². The normalized spacial score (nSPS) is 36.6. The highest BCUT2D eigenvalue weighted by atomic mass is 16.6. The van der Waals surface area contributed by atoms with Gasteiger partial charge < -0.3 is 37.9 Å². The second-order valence-electron chi connectivity index (χ2n) is 18.7. The number of carbonyl (C=O) groups is 2. The fourth-order valence-corrected chi connectivity index (χ4v) is 10.3. The minimum Gasteiger partial charge on any atom is -0.462 e. The lowest BCUT2D eigenvalue weighted by Crippen LogP contribution is -2.34. The molecule has 0 amide bonds. The molecule has 10 nitrogen and oxygen atoms in total. The van der Waals surface area contributed by atoms with Gasteiger partial charge in [-0.15, -0.1) is 0 Å². The van der Waals surface area contributed by atoms with Crippen molar-refractivity contribution in [2.45, 2.75) is 216 Å². The molecule has 6 unspecified atom stereocenters. The molecule has 7 rings (SSSR count). The Bertz CT molecular complexity index is 1050. The SMILES string of the molecule is O=C(OC1CCC(OCCCCCCOCC2CCC3OC3C2)CC1)C1CCC(C(=O)OC2CCC(OCCCCCCOCC3CCC4OC4C3)CC2)CC1. The summed E-state index contributed by atoms with van der Waals surface area (Å²) >= 11 is 0. The molecule has 2 heterocycles. The highest BCUT2D eigenvalue weighted by Gasteiger charge is 2.44. The molecule has 5 saturated carbocycles. The first-order chi connectivity index (χ1) is 27.6. The summed E-state index contributed by atoms with van der Waals surface area (Å²) in [5.74, 6) is 1.06. The molecule has 0 radical (unpaired) electrons. The van der Waals surface area contributed by atoms with Crippen LogP contribution >= 0.6 is 0 Å². The van der Waals surface area contributed by atoms with Crippen LogP contribution in [0.4, 0.5) is 0 Å². The van der Waals surface area contributed by atoms with Crippen molar-refractivity contribution < 1.29 is 47.5 Å². The molecule has 0 spiro atoms. The summed E-state index contributed by atoms with van der Waals surface area (Å²) in [7, 11) is 0. The lowest BCUT2D eigenvalue weighted by atomic mass is 9.82. The summed E-state index contributed by atoms with van der Waals surface area (Å²) in [6.07, 6.45) is 29.6. The van der Waals surface area contributed by atoms with Gasteiger partial charge in [0, 0.05) is 39.6 Å². The van der Waals surface area contributed by atoms with Crippen molar-refractivity contribution in [3.63, 3.8) is 0 Å². The summed E-state index contributed by atoms with van der Waals surface area (Å²) in [6, 6.07) is 0. The fourth-order valence-electron chi connectivity index (χ4n) is 10.3. The molecule has 0 N–H and O–H groups in total. The Labute approximate surface area is 337 Å². The number of esters is 2. The Hall–Kier alpha value is -1.30. The molecule has 0 bridgehead atoms. The zero-order chi connectivity index (χ0) is 38.4. The van der Waals surface area contributed by atoms with Gasteiger partial charge in [0.1, 0.15) is 12.2 Å². The van der Waals surface area contributed by atoms with Gasteiger partial charge in [0.05, 0.1) is 48.5 Å². The van der Waals surface area contributed by atoms with Crippen molar-refractivity contribution in [3.05, 3.63) is 0 Å². The van der Waals surface area contributed by atoms with Gasteiger partial charge >= 0.3 is 11.9 Å². The zero-order valence-corrected chi connectivity index (χ0v) is 34.6. The summed E-state index contributed by atoms with van der Waals surface area (Å²) in [4.78, 5) is 26.1. The Kier molecular flexibility index (Phi) is 17.5. The summed E-state index contributed by atoms with van der Waals surface area (Å²) in [5.41, 5.74) is 0. The van der Waals surface area contributed by atoms with E-state index in [0.29, 0.717) is 61.9 Å². The molecule has 7 fully saturated rings. The van der Waals surface area contributed by atoms with E-state index in [1.165, 1.54) is 64.2 Å². The molecule has 320 valence electrons. The van der Waals surface area contributed by atoms with Crippen LogP contribution in [0.2, 0.25) is 0 Å². The van der Waals surface area contributed by atoms with E-state index in [-0.39, 0.29) is 48.2 Å². The third-order valence-electron chi connectivity index (χ3n) is 14.2. The van der Waals surface area contributed by atoms with Crippen LogP contribution in [0.15, 0.2) is 0 Å². The van der Waals surface area contributed by atoms with Crippen LogP contribution in [0.5, 0.6) is 0 Å². The smallest absolute Gasteiger partial charge is 0.309 e. The van der Waals surface area contributed by atoms with E-state index < -0.39 is 0 Å². The first-order valence-corrected chi connectivity index (χ1v) is 23.7. The summed E-state index contributed by atoms with van der Waals surface area (Å²) < 4.78 is 47.4. The maximum absolute atomic E-state index is 13.0. The number of hydrogen-bond acceptors (Lipinski definition) is 10. The van der Waals surface area contributed by atoms with Crippen molar-refractivity contribution in [2.75, 3.05) is 39.6 Å². The second kappa shape index (κ2) is 22.9. The number of epoxide rings is 2. The van der Waals surface area contributed by atoms with Crippen LogP contribution in [-0.4, -0.2) is 100 Å². The first-order valence-electron chi connectivity index (χ1n) is 23.7. The molecule has 0 aromatic carbocycles. The fraction of sp³-hybridized carbons (Fsp3) is 0.957. The molecular weight excluding hydrogens is 712 g/mol. The van der Waals surface area contributed by atoms with E-state index in [1.54, 1.807) is 0 Å². The topological polar surface area (TPSA) is 115 Å². The van der Waals surface area contributed by atoms with Crippen molar-refractivity contribution in [1.29, 1.82) is 0 Å². The monoisotopic (exact) mass is 789 g/mol. The van der Waals surface area contributed by atoms with Crippen molar-refractivity contribution in [3.8, 4) is 0 Å². The highest BCUT2D eigenvalue weighted by molar-refractivity contribution is 5.75. The van der Waals surface area contributed by atoms with E-state index in [1.807, 2.05) is 0 Å². The number of hydrogen-bond donors (Lipinski definition) is 0. The molecule has 10 heteroatoms. The summed E-state index contributed by atoms with van der Waals surface area (Å²) in [5, 5.41) is 0. The molecule has 2 aliphatic heterocycles. The minimum absolute atomic E-state index is 0.00128. The second-order valence-corrected chi connectivity index (χ2v) is 18.7. The maximum atomic E-state index is 13.0. The van der Waals surface area contributed by atoms with Crippen LogP contribution in [-0.2, 0) is 47.5 Å². The van der Waals surface area contributed by atoms with Gasteiger partial charge in [-0.1, -0.05) is 25.7 Å². The van der Waals surface area contributed by atoms with Gasteiger partial charge in [0.2, 0.25) is 0 Å². The number of fused-ring (bicyclic) bond motifs is 2. The van der Waals surface area contributed by atoms with Crippen LogP contribution < -0.4 is 0 Å². The third kappa shape index (κ3) is 14.5. The molecule has 6 atom stereocenters. The van der Waals surface area contributed by atoms with Crippen LogP contribution in [0.1, 0.15) is 167 Å². The van der Waals surface area contributed by atoms with Gasteiger partial charge in [-0.25, -0.2) is 0 Å². The quantitative estimate of drug-likeness (QED) is 0.0534. The molecule has 56 heavy (non-hydrogen) atoms. The van der Waals surface area contributed by atoms with E-state index >= 15 is 0 Å². The lowest BCUT2D eigenvalue weighted by molar-refractivity contribution is -0.163. The van der Waals surface area contributed by atoms with Gasteiger partial charge in [0.15, 0.2) is 0 Å². The molecule has 2 saturated heterocycles. The third-order valence-corrected chi connectivity index (χ3v) is 14.2. The predicted molar refractivity (Wildman–Crippen MR) is 212 cm³/mol. The average molecular weight is 789 g/mol. The van der Waals surface area contributed by atoms with Crippen molar-refractivity contribution >= 4 is 11.9 Å². The number of carbonyl (C=O) groups excluding carboxylic acids is 2. The van der Waals surface area contributed by atoms with Crippen LogP contribution in [0, 0.1) is 23.7 Å². The van der Waals surface area contributed by atoms with Crippen LogP contribution in [0.3, 0.4) is 0 Å². The van der Waals surface area contributed by atoms with E-state index in [2.05, 4.69) is 0 Å². The van der Waals surface area contributed by atoms with E-state index in [9.17, 15) is 9.59 Å². The molecule has 0 aromatic rings. The van der Waals surface area contributed by atoms with E-state index in [0.717, 1.165) is 117 Å². The molecular formula is C46H76O10. The van der Waals surface area contributed by atoms with Crippen LogP contribution in [0.25, 0.3) is 0 Å². The molecule has 0 aromatic heterocycles.